The fourth-order valence-corrected chi connectivity index (χ4v) is 4.02. The number of aryl methyl sites for hydroxylation is 1. The van der Waals surface area contributed by atoms with Gasteiger partial charge in [-0.3, -0.25) is 9.36 Å². The zero-order valence-corrected chi connectivity index (χ0v) is 18.9. The summed E-state index contributed by atoms with van der Waals surface area (Å²) in [5.74, 6) is 1.43. The lowest BCUT2D eigenvalue weighted by atomic mass is 10.2. The molecule has 0 radical (unpaired) electrons. The summed E-state index contributed by atoms with van der Waals surface area (Å²) in [6.07, 6.45) is 0. The first kappa shape index (κ1) is 21.9. The van der Waals surface area contributed by atoms with Crippen LogP contribution in [0.1, 0.15) is 11.4 Å². The Kier molecular flexibility index (Phi) is 7.09. The molecule has 4 aromatic rings. The molecule has 0 spiro atoms. The lowest BCUT2D eigenvalue weighted by Gasteiger charge is -2.12. The van der Waals surface area contributed by atoms with Crippen molar-refractivity contribution in [2.24, 2.45) is 0 Å². The van der Waals surface area contributed by atoms with Gasteiger partial charge in [-0.05, 0) is 42.8 Å². The van der Waals surface area contributed by atoms with E-state index in [0.717, 1.165) is 17.0 Å². The summed E-state index contributed by atoms with van der Waals surface area (Å²) in [6, 6.07) is 24.7. The maximum absolute atomic E-state index is 12.5. The molecule has 162 valence electrons. The highest BCUT2D eigenvalue weighted by molar-refractivity contribution is 7.99. The zero-order valence-electron chi connectivity index (χ0n) is 17.4. The fourth-order valence-electron chi connectivity index (χ4n) is 3.06. The third-order valence-corrected chi connectivity index (χ3v) is 5.90. The number of carbonyl (C=O) groups excluding carboxylic acids is 1. The molecule has 0 fully saturated rings. The SMILES string of the molecule is Cc1ccccc1OCc1nnc(SCC(=O)Nc2ccccc2Cl)n1-c1ccccc1. The van der Waals surface area contributed by atoms with Crippen molar-refractivity contribution in [2.45, 2.75) is 18.7 Å². The lowest BCUT2D eigenvalue weighted by molar-refractivity contribution is -0.113. The number of thioether (sulfide) groups is 1. The van der Waals surface area contributed by atoms with Gasteiger partial charge < -0.3 is 10.1 Å². The molecule has 1 amide bonds. The standard InChI is InChI=1S/C24H21ClN4O2S/c1-17-9-5-8-14-21(17)31-15-22-27-28-24(29(22)18-10-3-2-4-11-18)32-16-23(30)26-20-13-7-6-12-19(20)25/h2-14H,15-16H2,1H3,(H,26,30). The highest BCUT2D eigenvalue weighted by Crippen LogP contribution is 2.25. The van der Waals surface area contributed by atoms with E-state index in [0.29, 0.717) is 21.7 Å². The van der Waals surface area contributed by atoms with Crippen molar-refractivity contribution in [2.75, 3.05) is 11.1 Å². The van der Waals surface area contributed by atoms with E-state index >= 15 is 0 Å². The molecule has 3 aromatic carbocycles. The van der Waals surface area contributed by atoms with Gasteiger partial charge in [0.1, 0.15) is 12.4 Å². The monoisotopic (exact) mass is 464 g/mol. The normalized spacial score (nSPS) is 10.7. The molecule has 6 nitrogen and oxygen atoms in total. The van der Waals surface area contributed by atoms with Crippen LogP contribution >= 0.6 is 23.4 Å². The minimum atomic E-state index is -0.177. The van der Waals surface area contributed by atoms with Crippen LogP contribution in [-0.2, 0) is 11.4 Å². The summed E-state index contributed by atoms with van der Waals surface area (Å²) in [7, 11) is 0. The Bertz CT molecular complexity index is 1210. The maximum atomic E-state index is 12.5. The molecular weight excluding hydrogens is 444 g/mol. The second-order valence-electron chi connectivity index (χ2n) is 6.94. The smallest absolute Gasteiger partial charge is 0.234 e. The fraction of sp³-hybridized carbons (Fsp3) is 0.125. The van der Waals surface area contributed by atoms with Crippen molar-refractivity contribution in [1.82, 2.24) is 14.8 Å². The van der Waals surface area contributed by atoms with Crippen LogP contribution in [-0.4, -0.2) is 26.4 Å². The maximum Gasteiger partial charge on any atom is 0.234 e. The zero-order chi connectivity index (χ0) is 22.3. The molecule has 4 rings (SSSR count). The van der Waals surface area contributed by atoms with Crippen molar-refractivity contribution in [3.8, 4) is 11.4 Å². The number of hydrogen-bond acceptors (Lipinski definition) is 5. The first-order valence-corrected chi connectivity index (χ1v) is 11.3. The molecule has 0 aliphatic rings. The van der Waals surface area contributed by atoms with Gasteiger partial charge in [0, 0.05) is 5.69 Å². The van der Waals surface area contributed by atoms with Gasteiger partial charge in [0.05, 0.1) is 16.5 Å². The van der Waals surface area contributed by atoms with E-state index in [1.807, 2.05) is 78.2 Å². The van der Waals surface area contributed by atoms with Gasteiger partial charge in [-0.25, -0.2) is 0 Å². The second-order valence-corrected chi connectivity index (χ2v) is 8.29. The van der Waals surface area contributed by atoms with E-state index in [4.69, 9.17) is 16.3 Å². The molecule has 0 saturated carbocycles. The molecule has 32 heavy (non-hydrogen) atoms. The molecule has 1 heterocycles. The summed E-state index contributed by atoms with van der Waals surface area (Å²) in [5.41, 5.74) is 2.52. The van der Waals surface area contributed by atoms with Crippen LogP contribution in [0.4, 0.5) is 5.69 Å². The van der Waals surface area contributed by atoms with Gasteiger partial charge in [-0.15, -0.1) is 10.2 Å². The van der Waals surface area contributed by atoms with E-state index in [2.05, 4.69) is 15.5 Å². The predicted octanol–water partition coefficient (Wildman–Crippen LogP) is 5.54. The van der Waals surface area contributed by atoms with Crippen LogP contribution in [0.15, 0.2) is 84.0 Å². The largest absolute Gasteiger partial charge is 0.485 e. The number of aromatic nitrogens is 3. The number of amides is 1. The molecule has 0 aliphatic heterocycles. The molecular formula is C24H21ClN4O2S. The first-order chi connectivity index (χ1) is 15.6. The number of hydrogen-bond donors (Lipinski definition) is 1. The molecule has 0 bridgehead atoms. The number of nitrogens with one attached hydrogen (secondary N) is 1. The molecule has 0 aliphatic carbocycles. The first-order valence-electron chi connectivity index (χ1n) is 9.97. The Morgan fingerprint density at radius 1 is 1.00 bits per heavy atom. The number of rotatable bonds is 8. The number of benzene rings is 3. The van der Waals surface area contributed by atoms with Crippen molar-refractivity contribution in [3.63, 3.8) is 0 Å². The van der Waals surface area contributed by atoms with Crippen LogP contribution < -0.4 is 10.1 Å². The molecule has 0 unspecified atom stereocenters. The number of ether oxygens (including phenoxy) is 1. The van der Waals surface area contributed by atoms with Gasteiger partial charge in [-0.1, -0.05) is 71.9 Å². The minimum Gasteiger partial charge on any atom is -0.485 e. The summed E-state index contributed by atoms with van der Waals surface area (Å²) in [4.78, 5) is 12.5. The number of halogens is 1. The van der Waals surface area contributed by atoms with Gasteiger partial charge in [0.2, 0.25) is 5.91 Å². The van der Waals surface area contributed by atoms with E-state index in [-0.39, 0.29) is 18.3 Å². The highest BCUT2D eigenvalue weighted by Gasteiger charge is 2.17. The topological polar surface area (TPSA) is 69.0 Å². The molecule has 1 aromatic heterocycles. The van der Waals surface area contributed by atoms with Crippen LogP contribution in [0, 0.1) is 6.92 Å². The molecule has 0 saturated heterocycles. The summed E-state index contributed by atoms with van der Waals surface area (Å²) < 4.78 is 7.90. The number of carbonyl (C=O) groups is 1. The van der Waals surface area contributed by atoms with Crippen LogP contribution in [0.25, 0.3) is 5.69 Å². The lowest BCUT2D eigenvalue weighted by Crippen LogP contribution is -2.15. The van der Waals surface area contributed by atoms with Gasteiger partial charge in [-0.2, -0.15) is 0 Å². The van der Waals surface area contributed by atoms with Crippen LogP contribution in [0.3, 0.4) is 0 Å². The van der Waals surface area contributed by atoms with Crippen molar-refractivity contribution in [1.29, 1.82) is 0 Å². The van der Waals surface area contributed by atoms with E-state index in [9.17, 15) is 4.79 Å². The van der Waals surface area contributed by atoms with E-state index in [1.165, 1.54) is 11.8 Å². The Labute approximate surface area is 195 Å². The third kappa shape index (κ3) is 5.30. The number of anilines is 1. The van der Waals surface area contributed by atoms with Crippen molar-refractivity contribution >= 4 is 35.0 Å². The van der Waals surface area contributed by atoms with Gasteiger partial charge in [0.25, 0.3) is 0 Å². The quantitative estimate of drug-likeness (QED) is 0.347. The van der Waals surface area contributed by atoms with Gasteiger partial charge in [0.15, 0.2) is 11.0 Å². The Morgan fingerprint density at radius 3 is 2.50 bits per heavy atom. The average molecular weight is 465 g/mol. The van der Waals surface area contributed by atoms with Gasteiger partial charge >= 0.3 is 0 Å². The Morgan fingerprint density at radius 2 is 1.72 bits per heavy atom. The minimum absolute atomic E-state index is 0.162. The highest BCUT2D eigenvalue weighted by atomic mass is 35.5. The number of para-hydroxylation sites is 3. The van der Waals surface area contributed by atoms with E-state index < -0.39 is 0 Å². The van der Waals surface area contributed by atoms with Crippen molar-refractivity contribution < 1.29 is 9.53 Å². The number of nitrogens with zero attached hydrogens (tertiary/aromatic N) is 3. The Hall–Kier alpha value is -3.29. The van der Waals surface area contributed by atoms with Crippen LogP contribution in [0.2, 0.25) is 5.02 Å². The third-order valence-electron chi connectivity index (χ3n) is 4.65. The molecule has 0 atom stereocenters. The summed E-state index contributed by atoms with van der Waals surface area (Å²) >= 11 is 7.43. The van der Waals surface area contributed by atoms with Crippen molar-refractivity contribution in [3.05, 3.63) is 95.3 Å². The van der Waals surface area contributed by atoms with E-state index in [1.54, 1.807) is 12.1 Å². The average Bonchev–Trinajstić information content (AvgIpc) is 3.22. The van der Waals surface area contributed by atoms with Crippen LogP contribution in [0.5, 0.6) is 5.75 Å². The predicted molar refractivity (Wildman–Crippen MR) is 128 cm³/mol. The summed E-state index contributed by atoms with van der Waals surface area (Å²) in [5, 5.41) is 12.6. The molecule has 8 heteroatoms. The second kappa shape index (κ2) is 10.3. The Balaban J connectivity index is 1.51. The summed E-state index contributed by atoms with van der Waals surface area (Å²) in [6.45, 7) is 2.25. The molecule has 1 N–H and O–H groups in total.